The van der Waals surface area contributed by atoms with E-state index in [1.54, 1.807) is 0 Å². The number of nitrogens with one attached hydrogen (secondary N) is 1. The molecule has 0 aliphatic heterocycles. The molecule has 25 heavy (non-hydrogen) atoms. The minimum atomic E-state index is 0.181. The highest BCUT2D eigenvalue weighted by Gasteiger charge is 2.39. The Morgan fingerprint density at radius 2 is 1.84 bits per heavy atom. The fourth-order valence-corrected chi connectivity index (χ4v) is 3.40. The van der Waals surface area contributed by atoms with Crippen molar-refractivity contribution in [2.75, 3.05) is 13.2 Å². The molecule has 1 aromatic rings. The summed E-state index contributed by atoms with van der Waals surface area (Å²) in [5, 5.41) is 3.06. The zero-order chi connectivity index (χ0) is 17.9. The van der Waals surface area contributed by atoms with Gasteiger partial charge in [0, 0.05) is 13.0 Å². The van der Waals surface area contributed by atoms with Gasteiger partial charge in [-0.3, -0.25) is 4.79 Å². The first-order chi connectivity index (χ1) is 12.3. The first-order valence-electron chi connectivity index (χ1n) is 10.2. The standard InChI is InChI=1S/C22H35NO2/c1-3-5-6-7-8-11-15-25-21-14-10-9-13-19(21)20-16-18(20)17-23-22(24)12-4-2/h9-10,13-14,18,20H,3-8,11-12,15-17H2,1-2H3,(H,23,24). The maximum atomic E-state index is 11.6. The Bertz CT molecular complexity index is 515. The minimum Gasteiger partial charge on any atom is -0.493 e. The van der Waals surface area contributed by atoms with Crippen molar-refractivity contribution in [1.29, 1.82) is 0 Å². The Balaban J connectivity index is 1.71. The summed E-state index contributed by atoms with van der Waals surface area (Å²) in [7, 11) is 0. The van der Waals surface area contributed by atoms with E-state index in [1.165, 1.54) is 37.7 Å². The number of carbonyl (C=O) groups is 1. The van der Waals surface area contributed by atoms with E-state index in [0.29, 0.717) is 18.3 Å². The first-order valence-corrected chi connectivity index (χ1v) is 10.2. The summed E-state index contributed by atoms with van der Waals surface area (Å²) in [6.07, 6.45) is 10.4. The summed E-state index contributed by atoms with van der Waals surface area (Å²) in [4.78, 5) is 11.6. The lowest BCUT2D eigenvalue weighted by Gasteiger charge is -2.12. The van der Waals surface area contributed by atoms with Crippen molar-refractivity contribution in [3.63, 3.8) is 0 Å². The van der Waals surface area contributed by atoms with Crippen molar-refractivity contribution in [2.45, 2.75) is 77.6 Å². The van der Waals surface area contributed by atoms with Crippen LogP contribution in [0.25, 0.3) is 0 Å². The lowest BCUT2D eigenvalue weighted by Crippen LogP contribution is -2.25. The van der Waals surface area contributed by atoms with E-state index in [4.69, 9.17) is 4.74 Å². The van der Waals surface area contributed by atoms with Gasteiger partial charge in [0.2, 0.25) is 5.91 Å². The molecule has 0 aromatic heterocycles. The summed E-state index contributed by atoms with van der Waals surface area (Å²) >= 11 is 0. The van der Waals surface area contributed by atoms with Crippen molar-refractivity contribution in [1.82, 2.24) is 5.32 Å². The Morgan fingerprint density at radius 1 is 1.08 bits per heavy atom. The van der Waals surface area contributed by atoms with Crippen LogP contribution in [0, 0.1) is 5.92 Å². The minimum absolute atomic E-state index is 0.181. The van der Waals surface area contributed by atoms with Crippen molar-refractivity contribution < 1.29 is 9.53 Å². The molecule has 2 unspecified atom stereocenters. The summed E-state index contributed by atoms with van der Waals surface area (Å²) in [5.74, 6) is 2.34. The molecule has 1 aliphatic rings. The van der Waals surface area contributed by atoms with Crippen LogP contribution in [0.3, 0.4) is 0 Å². The molecule has 140 valence electrons. The number of unbranched alkanes of at least 4 members (excludes halogenated alkanes) is 5. The molecule has 0 bridgehead atoms. The van der Waals surface area contributed by atoms with Crippen LogP contribution < -0.4 is 10.1 Å². The third kappa shape index (κ3) is 7.09. The SMILES string of the molecule is CCCCCCCCOc1ccccc1C1CC1CNC(=O)CCC. The molecule has 0 heterocycles. The normalized spacial score (nSPS) is 18.8. The fourth-order valence-electron chi connectivity index (χ4n) is 3.40. The predicted octanol–water partition coefficient (Wildman–Crippen LogP) is 5.45. The van der Waals surface area contributed by atoms with Gasteiger partial charge in [-0.15, -0.1) is 0 Å². The Morgan fingerprint density at radius 3 is 2.64 bits per heavy atom. The molecule has 1 amide bonds. The smallest absolute Gasteiger partial charge is 0.219 e. The van der Waals surface area contributed by atoms with Gasteiger partial charge >= 0.3 is 0 Å². The third-order valence-corrected chi connectivity index (χ3v) is 5.04. The zero-order valence-corrected chi connectivity index (χ0v) is 16.1. The topological polar surface area (TPSA) is 38.3 Å². The average Bonchev–Trinajstić information content (AvgIpc) is 3.39. The zero-order valence-electron chi connectivity index (χ0n) is 16.1. The van der Waals surface area contributed by atoms with Crippen LogP contribution in [0.4, 0.5) is 0 Å². The molecule has 0 radical (unpaired) electrons. The van der Waals surface area contributed by atoms with Crippen molar-refractivity contribution in [3.05, 3.63) is 29.8 Å². The highest BCUT2D eigenvalue weighted by Crippen LogP contribution is 2.49. The van der Waals surface area contributed by atoms with Crippen LogP contribution in [-0.2, 0) is 4.79 Å². The summed E-state index contributed by atoms with van der Waals surface area (Å²) in [5.41, 5.74) is 1.32. The van der Waals surface area contributed by atoms with E-state index in [-0.39, 0.29) is 5.91 Å². The quantitative estimate of drug-likeness (QED) is 0.483. The monoisotopic (exact) mass is 345 g/mol. The molecule has 1 N–H and O–H groups in total. The van der Waals surface area contributed by atoms with Crippen LogP contribution in [0.1, 0.15) is 83.1 Å². The first kappa shape index (κ1) is 19.8. The average molecular weight is 346 g/mol. The third-order valence-electron chi connectivity index (χ3n) is 5.04. The van der Waals surface area contributed by atoms with Crippen LogP contribution in [0.2, 0.25) is 0 Å². The number of para-hydroxylation sites is 1. The van der Waals surface area contributed by atoms with Gasteiger partial charge in [-0.05, 0) is 42.7 Å². The molecular formula is C22H35NO2. The molecule has 2 rings (SSSR count). The van der Waals surface area contributed by atoms with Crippen LogP contribution in [-0.4, -0.2) is 19.1 Å². The maximum Gasteiger partial charge on any atom is 0.219 e. The number of carbonyl (C=O) groups excluding carboxylic acids is 1. The van der Waals surface area contributed by atoms with Gasteiger partial charge in [-0.1, -0.05) is 64.2 Å². The van der Waals surface area contributed by atoms with Crippen molar-refractivity contribution >= 4 is 5.91 Å². The van der Waals surface area contributed by atoms with E-state index in [2.05, 4.69) is 36.5 Å². The molecular weight excluding hydrogens is 310 g/mol. The molecule has 1 fully saturated rings. The molecule has 0 spiro atoms. The second kappa shape index (κ2) is 11.2. The number of hydrogen-bond donors (Lipinski definition) is 1. The Kier molecular flexibility index (Phi) is 8.85. The highest BCUT2D eigenvalue weighted by molar-refractivity contribution is 5.75. The maximum absolute atomic E-state index is 11.6. The van der Waals surface area contributed by atoms with E-state index in [0.717, 1.165) is 38.2 Å². The number of ether oxygens (including phenoxy) is 1. The lowest BCUT2D eigenvalue weighted by molar-refractivity contribution is -0.121. The molecule has 1 saturated carbocycles. The van der Waals surface area contributed by atoms with Gasteiger partial charge in [0.1, 0.15) is 5.75 Å². The molecule has 1 aromatic carbocycles. The molecule has 3 nitrogen and oxygen atoms in total. The van der Waals surface area contributed by atoms with Gasteiger partial charge in [0.25, 0.3) is 0 Å². The number of amides is 1. The number of benzene rings is 1. The van der Waals surface area contributed by atoms with Gasteiger partial charge in [0.15, 0.2) is 0 Å². The van der Waals surface area contributed by atoms with E-state index in [9.17, 15) is 4.79 Å². The Hall–Kier alpha value is -1.51. The van der Waals surface area contributed by atoms with Crippen molar-refractivity contribution in [2.24, 2.45) is 5.92 Å². The molecule has 0 saturated heterocycles. The summed E-state index contributed by atoms with van der Waals surface area (Å²) < 4.78 is 6.07. The predicted molar refractivity (Wildman–Crippen MR) is 104 cm³/mol. The fraction of sp³-hybridized carbons (Fsp3) is 0.682. The summed E-state index contributed by atoms with van der Waals surface area (Å²) in [6, 6.07) is 8.44. The van der Waals surface area contributed by atoms with Crippen LogP contribution in [0.5, 0.6) is 5.75 Å². The number of hydrogen-bond acceptors (Lipinski definition) is 2. The van der Waals surface area contributed by atoms with Crippen LogP contribution in [0.15, 0.2) is 24.3 Å². The molecule has 2 atom stereocenters. The van der Waals surface area contributed by atoms with E-state index < -0.39 is 0 Å². The largest absolute Gasteiger partial charge is 0.493 e. The van der Waals surface area contributed by atoms with Gasteiger partial charge in [-0.2, -0.15) is 0 Å². The van der Waals surface area contributed by atoms with Crippen molar-refractivity contribution in [3.8, 4) is 5.75 Å². The second-order valence-electron chi connectivity index (χ2n) is 7.31. The van der Waals surface area contributed by atoms with Crippen LogP contribution >= 0.6 is 0 Å². The van der Waals surface area contributed by atoms with Gasteiger partial charge in [0.05, 0.1) is 6.61 Å². The highest BCUT2D eigenvalue weighted by atomic mass is 16.5. The van der Waals surface area contributed by atoms with E-state index in [1.807, 2.05) is 6.92 Å². The second-order valence-corrected chi connectivity index (χ2v) is 7.31. The summed E-state index contributed by atoms with van der Waals surface area (Å²) in [6.45, 7) is 5.90. The lowest BCUT2D eigenvalue weighted by atomic mass is 10.1. The molecule has 3 heteroatoms. The Labute approximate surface area is 153 Å². The van der Waals surface area contributed by atoms with Gasteiger partial charge < -0.3 is 10.1 Å². The van der Waals surface area contributed by atoms with Gasteiger partial charge in [-0.25, -0.2) is 0 Å². The van der Waals surface area contributed by atoms with E-state index >= 15 is 0 Å². The number of rotatable bonds is 13. The molecule has 1 aliphatic carbocycles.